The number of rotatable bonds is 5. The Balaban J connectivity index is 2.72. The summed E-state index contributed by atoms with van der Waals surface area (Å²) in [5.41, 5.74) is 6.83. The van der Waals surface area contributed by atoms with Gasteiger partial charge in [-0.1, -0.05) is 29.8 Å². The van der Waals surface area contributed by atoms with Gasteiger partial charge in [-0.15, -0.1) is 0 Å². The number of hydrogen-bond acceptors (Lipinski definition) is 3. The van der Waals surface area contributed by atoms with Crippen molar-refractivity contribution in [2.75, 3.05) is 0 Å². The van der Waals surface area contributed by atoms with Gasteiger partial charge in [0.15, 0.2) is 0 Å². The molecule has 19 heavy (non-hydrogen) atoms. The molecule has 0 heterocycles. The summed E-state index contributed by atoms with van der Waals surface area (Å²) in [4.78, 5) is 22.7. The Morgan fingerprint density at radius 1 is 1.32 bits per heavy atom. The molecule has 0 saturated carbocycles. The molecule has 0 aliphatic carbocycles. The van der Waals surface area contributed by atoms with Gasteiger partial charge in [0.2, 0.25) is 5.91 Å². The molecule has 0 aromatic heterocycles. The first-order chi connectivity index (χ1) is 8.71. The fourth-order valence-corrected chi connectivity index (χ4v) is 1.76. The Labute approximate surface area is 112 Å². The Hall–Kier alpha value is -1.88. The third-order valence-electron chi connectivity index (χ3n) is 2.77. The fraction of sp³-hybridized carbons (Fsp3) is 0.429. The Bertz CT molecular complexity index is 466. The number of carbonyl (C=O) groups excluding carboxylic acids is 1. The normalized spacial score (nSPS) is 12.8. The van der Waals surface area contributed by atoms with Crippen LogP contribution < -0.4 is 11.1 Å². The third kappa shape index (κ3) is 4.71. The second kappa shape index (κ2) is 5.84. The minimum Gasteiger partial charge on any atom is -0.481 e. The Morgan fingerprint density at radius 3 is 2.32 bits per heavy atom. The van der Waals surface area contributed by atoms with Crippen LogP contribution in [0.3, 0.4) is 0 Å². The number of aliphatic carboxylic acids is 1. The number of amides is 1. The number of benzene rings is 1. The minimum atomic E-state index is -0.964. The largest absolute Gasteiger partial charge is 0.481 e. The molecule has 1 aromatic carbocycles. The van der Waals surface area contributed by atoms with Gasteiger partial charge < -0.3 is 16.2 Å². The highest BCUT2D eigenvalue weighted by molar-refractivity contribution is 5.84. The van der Waals surface area contributed by atoms with Crippen LogP contribution >= 0.6 is 0 Å². The zero-order valence-electron chi connectivity index (χ0n) is 11.4. The molecule has 1 aromatic rings. The molecule has 0 radical (unpaired) electrons. The van der Waals surface area contributed by atoms with Crippen molar-refractivity contribution in [2.24, 2.45) is 5.73 Å². The predicted octanol–water partition coefficient (Wildman–Crippen LogP) is 1.36. The predicted molar refractivity (Wildman–Crippen MR) is 72.6 cm³/mol. The molecule has 0 spiro atoms. The molecule has 0 saturated heterocycles. The summed E-state index contributed by atoms with van der Waals surface area (Å²) in [6.45, 7) is 5.26. The fourth-order valence-electron chi connectivity index (χ4n) is 1.76. The van der Waals surface area contributed by atoms with Crippen LogP contribution in [0.1, 0.15) is 37.4 Å². The molecule has 1 unspecified atom stereocenters. The maximum absolute atomic E-state index is 12.0. The van der Waals surface area contributed by atoms with Gasteiger partial charge in [0.25, 0.3) is 0 Å². The lowest BCUT2D eigenvalue weighted by Crippen LogP contribution is -2.48. The molecule has 5 heteroatoms. The van der Waals surface area contributed by atoms with Crippen molar-refractivity contribution in [3.63, 3.8) is 0 Å². The number of carboxylic acid groups (broad SMARTS) is 1. The van der Waals surface area contributed by atoms with Crippen LogP contribution in [0.2, 0.25) is 0 Å². The number of carbonyl (C=O) groups is 2. The van der Waals surface area contributed by atoms with Gasteiger partial charge in [0, 0.05) is 5.54 Å². The highest BCUT2D eigenvalue weighted by atomic mass is 16.4. The van der Waals surface area contributed by atoms with E-state index in [1.807, 2.05) is 19.1 Å². The van der Waals surface area contributed by atoms with Crippen LogP contribution in [-0.2, 0) is 9.59 Å². The van der Waals surface area contributed by atoms with E-state index < -0.39 is 17.6 Å². The van der Waals surface area contributed by atoms with Crippen molar-refractivity contribution < 1.29 is 14.7 Å². The van der Waals surface area contributed by atoms with E-state index in [1.165, 1.54) is 0 Å². The lowest BCUT2D eigenvalue weighted by Gasteiger charge is -2.26. The molecule has 1 amide bonds. The highest BCUT2D eigenvalue weighted by Crippen LogP contribution is 2.14. The highest BCUT2D eigenvalue weighted by Gasteiger charge is 2.26. The maximum Gasteiger partial charge on any atom is 0.305 e. The average molecular weight is 264 g/mol. The minimum absolute atomic E-state index is 0.153. The Morgan fingerprint density at radius 2 is 1.84 bits per heavy atom. The summed E-state index contributed by atoms with van der Waals surface area (Å²) >= 11 is 0. The van der Waals surface area contributed by atoms with Gasteiger partial charge in [0.05, 0.1) is 6.42 Å². The van der Waals surface area contributed by atoms with E-state index in [0.29, 0.717) is 5.56 Å². The molecule has 0 fully saturated rings. The number of carboxylic acids is 1. The summed E-state index contributed by atoms with van der Waals surface area (Å²) in [5.74, 6) is -1.34. The van der Waals surface area contributed by atoms with Gasteiger partial charge in [-0.25, -0.2) is 0 Å². The van der Waals surface area contributed by atoms with Crippen molar-refractivity contribution in [2.45, 2.75) is 38.8 Å². The van der Waals surface area contributed by atoms with Gasteiger partial charge >= 0.3 is 5.97 Å². The van der Waals surface area contributed by atoms with Gasteiger partial charge in [-0.3, -0.25) is 9.59 Å². The van der Waals surface area contributed by atoms with Crippen LogP contribution in [0.4, 0.5) is 0 Å². The van der Waals surface area contributed by atoms with Crippen molar-refractivity contribution in [1.82, 2.24) is 5.32 Å². The number of nitrogens with one attached hydrogen (secondary N) is 1. The molecule has 104 valence electrons. The van der Waals surface area contributed by atoms with Gasteiger partial charge in [-0.2, -0.15) is 0 Å². The maximum atomic E-state index is 12.0. The van der Waals surface area contributed by atoms with Crippen LogP contribution in [0.5, 0.6) is 0 Å². The summed E-state index contributed by atoms with van der Waals surface area (Å²) in [5, 5.41) is 11.4. The van der Waals surface area contributed by atoms with Crippen molar-refractivity contribution >= 4 is 11.9 Å². The summed E-state index contributed by atoms with van der Waals surface area (Å²) < 4.78 is 0. The van der Waals surface area contributed by atoms with E-state index in [9.17, 15) is 9.59 Å². The molecule has 1 atom stereocenters. The van der Waals surface area contributed by atoms with Crippen LogP contribution in [-0.4, -0.2) is 22.5 Å². The SMILES string of the molecule is Cc1ccc(C(N)C(=O)NC(C)(C)CC(=O)O)cc1. The first-order valence-electron chi connectivity index (χ1n) is 6.07. The van der Waals surface area contributed by atoms with E-state index in [-0.39, 0.29) is 12.3 Å². The molecular formula is C14H20N2O3. The van der Waals surface area contributed by atoms with E-state index in [2.05, 4.69) is 5.32 Å². The molecular weight excluding hydrogens is 244 g/mol. The standard InChI is InChI=1S/C14H20N2O3/c1-9-4-6-10(7-5-9)12(15)13(19)16-14(2,3)8-11(17)18/h4-7,12H,8,15H2,1-3H3,(H,16,19)(H,17,18). The monoisotopic (exact) mass is 264 g/mol. The first-order valence-corrected chi connectivity index (χ1v) is 6.07. The van der Waals surface area contributed by atoms with E-state index >= 15 is 0 Å². The van der Waals surface area contributed by atoms with Crippen LogP contribution in [0.25, 0.3) is 0 Å². The van der Waals surface area contributed by atoms with Crippen molar-refractivity contribution in [1.29, 1.82) is 0 Å². The van der Waals surface area contributed by atoms with Crippen LogP contribution in [0.15, 0.2) is 24.3 Å². The number of hydrogen-bond donors (Lipinski definition) is 3. The first kappa shape index (κ1) is 15.2. The van der Waals surface area contributed by atoms with E-state index in [4.69, 9.17) is 10.8 Å². The quantitative estimate of drug-likeness (QED) is 0.748. The lowest BCUT2D eigenvalue weighted by molar-refractivity contribution is -0.138. The average Bonchev–Trinajstić information content (AvgIpc) is 2.26. The molecule has 5 nitrogen and oxygen atoms in total. The summed E-state index contributed by atoms with van der Waals surface area (Å²) in [7, 11) is 0. The molecule has 4 N–H and O–H groups in total. The summed E-state index contributed by atoms with van der Waals surface area (Å²) in [6, 6.07) is 6.55. The van der Waals surface area contributed by atoms with Crippen molar-refractivity contribution in [3.8, 4) is 0 Å². The molecule has 1 rings (SSSR count). The van der Waals surface area contributed by atoms with Gasteiger partial charge in [-0.05, 0) is 26.3 Å². The summed E-state index contributed by atoms with van der Waals surface area (Å²) in [6.07, 6.45) is -0.153. The second-order valence-electron chi connectivity index (χ2n) is 5.33. The van der Waals surface area contributed by atoms with Gasteiger partial charge in [0.1, 0.15) is 6.04 Å². The zero-order chi connectivity index (χ0) is 14.6. The molecule has 0 aliphatic heterocycles. The number of aryl methyl sites for hydroxylation is 1. The van der Waals surface area contributed by atoms with E-state index in [1.54, 1.807) is 26.0 Å². The van der Waals surface area contributed by atoms with Crippen LogP contribution in [0, 0.1) is 6.92 Å². The Kier molecular flexibility index (Phi) is 4.67. The molecule has 0 aliphatic rings. The smallest absolute Gasteiger partial charge is 0.305 e. The zero-order valence-corrected chi connectivity index (χ0v) is 11.4. The van der Waals surface area contributed by atoms with E-state index in [0.717, 1.165) is 5.56 Å². The third-order valence-corrected chi connectivity index (χ3v) is 2.77. The van der Waals surface area contributed by atoms with Crippen molar-refractivity contribution in [3.05, 3.63) is 35.4 Å². The number of nitrogens with two attached hydrogens (primary N) is 1. The second-order valence-corrected chi connectivity index (χ2v) is 5.33. The topological polar surface area (TPSA) is 92.4 Å². The lowest BCUT2D eigenvalue weighted by atomic mass is 9.98. The molecule has 0 bridgehead atoms.